The van der Waals surface area contributed by atoms with Gasteiger partial charge >= 0.3 is 0 Å². The Morgan fingerprint density at radius 1 is 0.941 bits per heavy atom. The topological polar surface area (TPSA) is 29.1 Å². The molecule has 0 aliphatic carbocycles. The average Bonchev–Trinajstić information content (AvgIpc) is 2.34. The highest BCUT2D eigenvalue weighted by atomic mass is 16.2. The van der Waals surface area contributed by atoms with Gasteiger partial charge in [0.25, 0.3) is 0 Å². The maximum absolute atomic E-state index is 11.0. The van der Waals surface area contributed by atoms with Gasteiger partial charge in [-0.05, 0) is 6.42 Å². The van der Waals surface area contributed by atoms with Gasteiger partial charge in [0.05, 0.1) is 5.92 Å². The molecule has 2 nitrogen and oxygen atoms in total. The van der Waals surface area contributed by atoms with Crippen LogP contribution in [-0.2, 0) is 4.79 Å². The van der Waals surface area contributed by atoms with Crippen molar-refractivity contribution < 1.29 is 4.79 Å². The molecule has 0 spiro atoms. The van der Waals surface area contributed by atoms with Gasteiger partial charge in [0.2, 0.25) is 5.91 Å². The summed E-state index contributed by atoms with van der Waals surface area (Å²) in [6, 6.07) is 0. The minimum atomic E-state index is 0.279. The molecule has 0 saturated carbocycles. The first-order valence-electron chi connectivity index (χ1n) is 7.62. The van der Waals surface area contributed by atoms with Crippen molar-refractivity contribution in [3.8, 4) is 0 Å². The van der Waals surface area contributed by atoms with Gasteiger partial charge in [0.1, 0.15) is 0 Å². The molecule has 1 rings (SSSR count). The summed E-state index contributed by atoms with van der Waals surface area (Å²) in [6.07, 6.45) is 14.9. The van der Waals surface area contributed by atoms with Crippen LogP contribution in [0.3, 0.4) is 0 Å². The molecule has 1 N–H and O–H groups in total. The molecular formula is C15H29NO. The van der Waals surface area contributed by atoms with E-state index in [0.29, 0.717) is 5.92 Å². The molecule has 1 amide bonds. The normalized spacial score (nSPS) is 18.9. The number of unbranched alkanes of at least 4 members (excludes halogenated alkanes) is 9. The van der Waals surface area contributed by atoms with Crippen LogP contribution in [0.15, 0.2) is 0 Å². The fourth-order valence-electron chi connectivity index (χ4n) is 2.44. The van der Waals surface area contributed by atoms with Crippen molar-refractivity contribution in [1.82, 2.24) is 5.32 Å². The Labute approximate surface area is 107 Å². The SMILES string of the molecule is CCCCCCCCCCCC[C@@H]1CNC1=O. The van der Waals surface area contributed by atoms with E-state index < -0.39 is 0 Å². The Balaban J connectivity index is 1.71. The number of amides is 1. The van der Waals surface area contributed by atoms with Gasteiger partial charge in [-0.15, -0.1) is 0 Å². The lowest BCUT2D eigenvalue weighted by Crippen LogP contribution is -2.48. The maximum atomic E-state index is 11.0. The van der Waals surface area contributed by atoms with Crippen molar-refractivity contribution in [2.24, 2.45) is 5.92 Å². The number of rotatable bonds is 11. The first-order chi connectivity index (χ1) is 8.34. The standard InChI is InChI=1S/C15H29NO/c1-2-3-4-5-6-7-8-9-10-11-12-14-13-16-15(14)17/h14H,2-13H2,1H3,(H,16,17)/t14-/m1/s1. The number of hydrogen-bond donors (Lipinski definition) is 1. The molecule has 1 atom stereocenters. The van der Waals surface area contributed by atoms with Crippen molar-refractivity contribution >= 4 is 5.91 Å². The summed E-state index contributed by atoms with van der Waals surface area (Å²) >= 11 is 0. The van der Waals surface area contributed by atoms with Gasteiger partial charge < -0.3 is 5.32 Å². The van der Waals surface area contributed by atoms with E-state index in [1.807, 2.05) is 0 Å². The van der Waals surface area contributed by atoms with Crippen LogP contribution in [0, 0.1) is 5.92 Å². The third-order valence-electron chi connectivity index (χ3n) is 3.80. The predicted octanol–water partition coefficient (Wildman–Crippen LogP) is 4.04. The van der Waals surface area contributed by atoms with E-state index in [2.05, 4.69) is 12.2 Å². The molecule has 0 bridgehead atoms. The number of hydrogen-bond acceptors (Lipinski definition) is 1. The van der Waals surface area contributed by atoms with Crippen molar-refractivity contribution in [2.75, 3.05) is 6.54 Å². The molecular weight excluding hydrogens is 210 g/mol. The fourth-order valence-corrected chi connectivity index (χ4v) is 2.44. The smallest absolute Gasteiger partial charge is 0.224 e. The summed E-state index contributed by atoms with van der Waals surface area (Å²) in [5.74, 6) is 0.630. The summed E-state index contributed by atoms with van der Waals surface area (Å²) in [7, 11) is 0. The third-order valence-corrected chi connectivity index (χ3v) is 3.80. The van der Waals surface area contributed by atoms with Crippen molar-refractivity contribution in [3.63, 3.8) is 0 Å². The predicted molar refractivity (Wildman–Crippen MR) is 73.0 cm³/mol. The van der Waals surface area contributed by atoms with Gasteiger partial charge in [-0.3, -0.25) is 4.79 Å². The minimum Gasteiger partial charge on any atom is -0.355 e. The Bertz CT molecular complexity index is 203. The van der Waals surface area contributed by atoms with Crippen LogP contribution < -0.4 is 5.32 Å². The number of carbonyl (C=O) groups is 1. The lowest BCUT2D eigenvalue weighted by atomic mass is 9.94. The van der Waals surface area contributed by atoms with E-state index in [9.17, 15) is 4.79 Å². The number of carbonyl (C=O) groups excluding carboxylic acids is 1. The summed E-state index contributed by atoms with van der Waals surface area (Å²) in [5.41, 5.74) is 0. The molecule has 1 fully saturated rings. The van der Waals surface area contributed by atoms with Crippen LogP contribution in [0.25, 0.3) is 0 Å². The quantitative estimate of drug-likeness (QED) is 0.428. The first kappa shape index (κ1) is 14.5. The Kier molecular flexibility index (Phi) is 8.12. The Morgan fingerprint density at radius 3 is 1.88 bits per heavy atom. The summed E-state index contributed by atoms with van der Waals surface area (Å²) < 4.78 is 0. The molecule has 17 heavy (non-hydrogen) atoms. The largest absolute Gasteiger partial charge is 0.355 e. The molecule has 1 saturated heterocycles. The van der Waals surface area contributed by atoms with E-state index in [1.165, 1.54) is 64.2 Å². The van der Waals surface area contributed by atoms with Crippen molar-refractivity contribution in [2.45, 2.75) is 77.6 Å². The van der Waals surface area contributed by atoms with Crippen LogP contribution >= 0.6 is 0 Å². The summed E-state index contributed by atoms with van der Waals surface area (Å²) in [6.45, 7) is 3.19. The highest BCUT2D eigenvalue weighted by Gasteiger charge is 2.26. The monoisotopic (exact) mass is 239 g/mol. The van der Waals surface area contributed by atoms with Gasteiger partial charge in [-0.1, -0.05) is 71.1 Å². The van der Waals surface area contributed by atoms with Crippen LogP contribution in [0.1, 0.15) is 77.6 Å². The second-order valence-electron chi connectivity index (χ2n) is 5.41. The lowest BCUT2D eigenvalue weighted by molar-refractivity contribution is -0.131. The van der Waals surface area contributed by atoms with Gasteiger partial charge in [-0.25, -0.2) is 0 Å². The highest BCUT2D eigenvalue weighted by molar-refractivity contribution is 5.84. The zero-order chi connectivity index (χ0) is 12.3. The van der Waals surface area contributed by atoms with Crippen molar-refractivity contribution in [1.29, 1.82) is 0 Å². The molecule has 100 valence electrons. The summed E-state index contributed by atoms with van der Waals surface area (Å²) in [5, 5.41) is 2.81. The average molecular weight is 239 g/mol. The summed E-state index contributed by atoms with van der Waals surface area (Å²) in [4.78, 5) is 11.0. The molecule has 1 aliphatic rings. The second-order valence-corrected chi connectivity index (χ2v) is 5.41. The van der Waals surface area contributed by atoms with E-state index >= 15 is 0 Å². The van der Waals surface area contributed by atoms with Crippen LogP contribution in [0.5, 0.6) is 0 Å². The van der Waals surface area contributed by atoms with E-state index in [0.717, 1.165) is 13.0 Å². The van der Waals surface area contributed by atoms with Gasteiger partial charge in [-0.2, -0.15) is 0 Å². The first-order valence-corrected chi connectivity index (χ1v) is 7.62. The van der Waals surface area contributed by atoms with Crippen LogP contribution in [0.4, 0.5) is 0 Å². The molecule has 0 aromatic carbocycles. The van der Waals surface area contributed by atoms with Gasteiger partial charge in [0, 0.05) is 6.54 Å². The van der Waals surface area contributed by atoms with Crippen LogP contribution in [-0.4, -0.2) is 12.5 Å². The fraction of sp³-hybridized carbons (Fsp3) is 0.933. The molecule has 1 aliphatic heterocycles. The third kappa shape index (κ3) is 6.70. The zero-order valence-corrected chi connectivity index (χ0v) is 11.5. The molecule has 0 aromatic heterocycles. The highest BCUT2D eigenvalue weighted by Crippen LogP contribution is 2.16. The number of nitrogens with one attached hydrogen (secondary N) is 1. The second kappa shape index (κ2) is 9.49. The lowest BCUT2D eigenvalue weighted by Gasteiger charge is -2.25. The minimum absolute atomic E-state index is 0.279. The number of β-lactam (4-membered cyclic amide) rings is 1. The van der Waals surface area contributed by atoms with Crippen LogP contribution in [0.2, 0.25) is 0 Å². The van der Waals surface area contributed by atoms with E-state index in [4.69, 9.17) is 0 Å². The Hall–Kier alpha value is -0.530. The zero-order valence-electron chi connectivity index (χ0n) is 11.5. The molecule has 0 aromatic rings. The van der Waals surface area contributed by atoms with Gasteiger partial charge in [0.15, 0.2) is 0 Å². The molecule has 1 heterocycles. The Morgan fingerprint density at radius 2 is 1.47 bits per heavy atom. The maximum Gasteiger partial charge on any atom is 0.224 e. The molecule has 0 radical (unpaired) electrons. The van der Waals surface area contributed by atoms with E-state index in [1.54, 1.807) is 0 Å². The molecule has 0 unspecified atom stereocenters. The van der Waals surface area contributed by atoms with Crippen molar-refractivity contribution in [3.05, 3.63) is 0 Å². The van der Waals surface area contributed by atoms with E-state index in [-0.39, 0.29) is 5.91 Å². The molecule has 2 heteroatoms.